The predicted octanol–water partition coefficient (Wildman–Crippen LogP) is 3.43. The van der Waals surface area contributed by atoms with Gasteiger partial charge >= 0.3 is 138 Å². The van der Waals surface area contributed by atoms with E-state index < -0.39 is 5.97 Å². The van der Waals surface area contributed by atoms with E-state index in [0.29, 0.717) is 15.8 Å². The Morgan fingerprint density at radius 2 is 1.96 bits per heavy atom. The fourth-order valence-corrected chi connectivity index (χ4v) is 4.14. The number of aromatic nitrogens is 2. The minimum atomic E-state index is -0.917. The summed E-state index contributed by atoms with van der Waals surface area (Å²) in [5.74, 6) is -0.917. The Morgan fingerprint density at radius 3 is 2.57 bits per heavy atom. The van der Waals surface area contributed by atoms with Gasteiger partial charge in [0.25, 0.3) is 0 Å². The molecule has 5 nitrogen and oxygen atoms in total. The second-order valence-electron chi connectivity index (χ2n) is 4.82. The predicted molar refractivity (Wildman–Crippen MR) is 87.8 cm³/mol. The molecule has 0 amide bonds. The number of aromatic carboxylic acids is 1. The average Bonchev–Trinajstić information content (AvgIpc) is 2.97. The number of carboxylic acids is 1. The van der Waals surface area contributed by atoms with Crippen LogP contribution in [0.4, 0.5) is 5.69 Å². The van der Waals surface area contributed by atoms with E-state index in [-0.39, 0.29) is 14.5 Å². The van der Waals surface area contributed by atoms with E-state index >= 15 is 0 Å². The van der Waals surface area contributed by atoms with Gasteiger partial charge in [-0.15, -0.1) is 0 Å². The summed E-state index contributed by atoms with van der Waals surface area (Å²) in [7, 11) is 0. The van der Waals surface area contributed by atoms with E-state index in [9.17, 15) is 9.90 Å². The Morgan fingerprint density at radius 1 is 1.22 bits per heavy atom. The number of aryl methyl sites for hydroxylation is 1. The van der Waals surface area contributed by atoms with Crippen molar-refractivity contribution in [3.8, 4) is 21.3 Å². The van der Waals surface area contributed by atoms with Crippen LogP contribution in [0, 0.1) is 13.5 Å². The molecule has 0 saturated carbocycles. The third kappa shape index (κ3) is 2.93. The quantitative estimate of drug-likeness (QED) is 0.568. The molecule has 0 saturated heterocycles. The molecule has 6 heteroatoms. The van der Waals surface area contributed by atoms with Gasteiger partial charge in [0.1, 0.15) is 0 Å². The van der Waals surface area contributed by atoms with Gasteiger partial charge in [-0.05, 0) is 0 Å². The molecule has 2 heterocycles. The zero-order valence-corrected chi connectivity index (χ0v) is 13.9. The second kappa shape index (κ2) is 6.17. The molecule has 1 N–H and O–H groups in total. The third-order valence-electron chi connectivity index (χ3n) is 3.35. The molecule has 0 aliphatic carbocycles. The van der Waals surface area contributed by atoms with Gasteiger partial charge in [-0.25, -0.2) is 0 Å². The van der Waals surface area contributed by atoms with E-state index in [2.05, 4.69) is 14.8 Å². The summed E-state index contributed by atoms with van der Waals surface area (Å²) < 4.78 is 1.12. The van der Waals surface area contributed by atoms with E-state index in [1.54, 1.807) is 25.4 Å². The van der Waals surface area contributed by atoms with Crippen LogP contribution in [-0.2, 0) is 0 Å². The third-order valence-corrected chi connectivity index (χ3v) is 5.85. The number of rotatable bonds is 3. The monoisotopic (exact) mass is 369 g/mol. The fraction of sp³-hybridized carbons (Fsp3) is 0.0588. The zero-order valence-electron chi connectivity index (χ0n) is 12.1. The van der Waals surface area contributed by atoms with Crippen LogP contribution in [0.3, 0.4) is 0 Å². The van der Waals surface area contributed by atoms with Crippen LogP contribution in [0.5, 0.6) is 0 Å². The summed E-state index contributed by atoms with van der Waals surface area (Å²) in [6.07, 6.45) is 3.38. The van der Waals surface area contributed by atoms with E-state index in [0.717, 1.165) is 21.3 Å². The standard InChI is InChI=1S/C17H11N3O2Se/c1-10-15(17(21)22)23-16(20-10)12-3-4-13(14(9-12)18-2)11-5-7-19-8-6-11/h3-9H,1H3,(H,21,22). The van der Waals surface area contributed by atoms with E-state index in [1.165, 1.54) is 0 Å². The second-order valence-corrected chi connectivity index (χ2v) is 6.91. The van der Waals surface area contributed by atoms with Crippen LogP contribution >= 0.6 is 0 Å². The molecule has 0 aliphatic heterocycles. The molecule has 3 rings (SSSR count). The van der Waals surface area contributed by atoms with Gasteiger partial charge in [0.15, 0.2) is 0 Å². The SMILES string of the molecule is [C-]#[N+]c1cc(-c2nc(C)c(C(=O)O)[se]2)ccc1-c1ccncc1. The molecule has 0 atom stereocenters. The van der Waals surface area contributed by atoms with Crippen LogP contribution in [0.1, 0.15) is 14.9 Å². The Hall–Kier alpha value is -2.74. The average molecular weight is 368 g/mol. The first-order chi connectivity index (χ1) is 11.1. The molecule has 23 heavy (non-hydrogen) atoms. The molecular weight excluding hydrogens is 357 g/mol. The normalized spacial score (nSPS) is 10.3. The van der Waals surface area contributed by atoms with Crippen molar-refractivity contribution in [2.24, 2.45) is 0 Å². The molecule has 0 spiro atoms. The van der Waals surface area contributed by atoms with E-state index in [4.69, 9.17) is 6.57 Å². The van der Waals surface area contributed by atoms with Crippen molar-refractivity contribution in [2.45, 2.75) is 6.92 Å². The van der Waals surface area contributed by atoms with Crippen molar-refractivity contribution >= 4 is 26.2 Å². The number of carbonyl (C=O) groups is 1. The van der Waals surface area contributed by atoms with Gasteiger partial charge in [-0.2, -0.15) is 0 Å². The van der Waals surface area contributed by atoms with Crippen molar-refractivity contribution in [3.63, 3.8) is 0 Å². The molecule has 0 unspecified atom stereocenters. The molecule has 2 aromatic heterocycles. The maximum absolute atomic E-state index is 11.2. The minimum absolute atomic E-state index is 0.340. The Kier molecular flexibility index (Phi) is 4.07. The molecule has 0 aliphatic rings. The zero-order chi connectivity index (χ0) is 16.4. The maximum atomic E-state index is 11.2. The first-order valence-corrected chi connectivity index (χ1v) is 8.44. The van der Waals surface area contributed by atoms with Crippen molar-refractivity contribution in [2.75, 3.05) is 0 Å². The molecular formula is C17H11N3O2Se. The van der Waals surface area contributed by atoms with Crippen molar-refractivity contribution in [3.05, 3.63) is 64.3 Å². The summed E-state index contributed by atoms with van der Waals surface area (Å²) in [6.45, 7) is 9.13. The molecule has 1 aromatic carbocycles. The molecule has 0 fully saturated rings. The van der Waals surface area contributed by atoms with Gasteiger partial charge < -0.3 is 0 Å². The molecule has 0 radical (unpaired) electrons. The summed E-state index contributed by atoms with van der Waals surface area (Å²) >= 11 is -0.340. The molecule has 112 valence electrons. The number of nitrogens with zero attached hydrogens (tertiary/aromatic N) is 3. The van der Waals surface area contributed by atoms with Crippen molar-refractivity contribution < 1.29 is 9.90 Å². The molecule has 3 aromatic rings. The number of benzene rings is 1. The first-order valence-electron chi connectivity index (χ1n) is 6.73. The van der Waals surface area contributed by atoms with Crippen LogP contribution < -0.4 is 0 Å². The van der Waals surface area contributed by atoms with Gasteiger partial charge in [0.2, 0.25) is 0 Å². The summed E-state index contributed by atoms with van der Waals surface area (Å²) in [5.41, 5.74) is 3.64. The Bertz CT molecular complexity index is 927. The van der Waals surface area contributed by atoms with Crippen molar-refractivity contribution in [1.82, 2.24) is 9.97 Å². The van der Waals surface area contributed by atoms with Crippen LogP contribution in [0.15, 0.2) is 42.7 Å². The number of carboxylic acid groups (broad SMARTS) is 1. The van der Waals surface area contributed by atoms with Gasteiger partial charge in [-0.3, -0.25) is 0 Å². The van der Waals surface area contributed by atoms with Gasteiger partial charge in [-0.1, -0.05) is 0 Å². The van der Waals surface area contributed by atoms with Crippen LogP contribution in [0.2, 0.25) is 0 Å². The fourth-order valence-electron chi connectivity index (χ4n) is 2.25. The van der Waals surface area contributed by atoms with Gasteiger partial charge in [0.05, 0.1) is 0 Å². The van der Waals surface area contributed by atoms with Gasteiger partial charge in [0, 0.05) is 0 Å². The number of hydrogen-bond acceptors (Lipinski definition) is 3. The van der Waals surface area contributed by atoms with Crippen LogP contribution in [0.25, 0.3) is 26.1 Å². The molecule has 0 bridgehead atoms. The van der Waals surface area contributed by atoms with Crippen molar-refractivity contribution in [1.29, 1.82) is 0 Å². The number of hydrogen-bond donors (Lipinski definition) is 1. The van der Waals surface area contributed by atoms with Crippen LogP contribution in [-0.4, -0.2) is 35.5 Å². The summed E-state index contributed by atoms with van der Waals surface area (Å²) in [6, 6.07) is 9.26. The number of pyridine rings is 1. The first kappa shape index (κ1) is 15.2. The summed E-state index contributed by atoms with van der Waals surface area (Å²) in [4.78, 5) is 23.1. The van der Waals surface area contributed by atoms with E-state index in [1.807, 2.05) is 24.3 Å². The topological polar surface area (TPSA) is 67.4 Å². The Labute approximate surface area is 138 Å². The Balaban J connectivity index is 2.08. The summed E-state index contributed by atoms with van der Waals surface area (Å²) in [5, 5.41) is 9.17.